The fourth-order valence-corrected chi connectivity index (χ4v) is 6.56. The van der Waals surface area contributed by atoms with E-state index in [1.54, 1.807) is 29.6 Å². The molecule has 3 rings (SSSR count). The molecule has 1 aromatic rings. The molecule has 0 amide bonds. The maximum Gasteiger partial charge on any atom is 0.164 e. The largest absolute Gasteiger partial charge is 0.388 e. The van der Waals surface area contributed by atoms with E-state index in [1.807, 2.05) is 51.1 Å². The molecule has 0 unspecified atom stereocenters. The molecule has 0 aromatic heterocycles. The van der Waals surface area contributed by atoms with Crippen LogP contribution in [0.25, 0.3) is 0 Å². The van der Waals surface area contributed by atoms with Gasteiger partial charge in [0.1, 0.15) is 17.8 Å². The van der Waals surface area contributed by atoms with E-state index in [0.29, 0.717) is 6.61 Å². The first-order valence-corrected chi connectivity index (χ1v) is 11.6. The number of aliphatic hydroxyl groups excluding tert-OH is 1. The number of thioether (sulfide) groups is 2. The maximum absolute atomic E-state index is 11.2. The van der Waals surface area contributed by atoms with Crippen molar-refractivity contribution >= 4 is 23.5 Å². The zero-order valence-electron chi connectivity index (χ0n) is 16.3. The van der Waals surface area contributed by atoms with Crippen LogP contribution in [0.4, 0.5) is 0 Å². The van der Waals surface area contributed by atoms with Crippen LogP contribution >= 0.6 is 23.5 Å². The number of rotatable bonds is 7. The highest BCUT2D eigenvalue weighted by atomic mass is 32.2. The topological polar surface area (TPSA) is 47.9 Å². The third-order valence-corrected chi connectivity index (χ3v) is 8.10. The van der Waals surface area contributed by atoms with Crippen molar-refractivity contribution < 1.29 is 19.3 Å². The Morgan fingerprint density at radius 3 is 2.59 bits per heavy atom. The van der Waals surface area contributed by atoms with Gasteiger partial charge in [-0.05, 0) is 44.3 Å². The first-order chi connectivity index (χ1) is 12.9. The Balaban J connectivity index is 1.78. The average molecular weight is 411 g/mol. The summed E-state index contributed by atoms with van der Waals surface area (Å²) in [6, 6.07) is 10.0. The molecule has 0 spiro atoms. The van der Waals surface area contributed by atoms with Crippen LogP contribution in [0.1, 0.15) is 32.8 Å². The SMILES string of the molecule is C=C[C@]1([C@@H](C)OCc2ccccc2)OC(C)(C)O[C@H]1[C@H](O)C1SCCCS1. The molecule has 27 heavy (non-hydrogen) atoms. The summed E-state index contributed by atoms with van der Waals surface area (Å²) in [7, 11) is 0. The molecule has 2 saturated heterocycles. The summed E-state index contributed by atoms with van der Waals surface area (Å²) in [6.07, 6.45) is 1.41. The van der Waals surface area contributed by atoms with Gasteiger partial charge >= 0.3 is 0 Å². The van der Waals surface area contributed by atoms with Crippen molar-refractivity contribution in [2.75, 3.05) is 11.5 Å². The Hall–Kier alpha value is -0.500. The van der Waals surface area contributed by atoms with Crippen molar-refractivity contribution in [1.29, 1.82) is 0 Å². The summed E-state index contributed by atoms with van der Waals surface area (Å²) in [5.41, 5.74) is 0.188. The highest BCUT2D eigenvalue weighted by Crippen LogP contribution is 2.46. The van der Waals surface area contributed by atoms with Gasteiger partial charge in [0.25, 0.3) is 0 Å². The molecule has 4 atom stereocenters. The van der Waals surface area contributed by atoms with Crippen LogP contribution < -0.4 is 0 Å². The molecule has 0 aliphatic carbocycles. The van der Waals surface area contributed by atoms with Crippen LogP contribution in [0.5, 0.6) is 0 Å². The summed E-state index contributed by atoms with van der Waals surface area (Å²) in [6.45, 7) is 10.2. The number of aliphatic hydroxyl groups is 1. The van der Waals surface area contributed by atoms with E-state index in [0.717, 1.165) is 17.1 Å². The van der Waals surface area contributed by atoms with Gasteiger partial charge in [-0.25, -0.2) is 0 Å². The van der Waals surface area contributed by atoms with Crippen LogP contribution in [0.3, 0.4) is 0 Å². The van der Waals surface area contributed by atoms with Gasteiger partial charge in [-0.15, -0.1) is 30.1 Å². The van der Waals surface area contributed by atoms with E-state index in [2.05, 4.69) is 6.58 Å². The summed E-state index contributed by atoms with van der Waals surface area (Å²) in [5.74, 6) is 1.31. The van der Waals surface area contributed by atoms with Gasteiger partial charge in [-0.1, -0.05) is 36.4 Å². The highest BCUT2D eigenvalue weighted by molar-refractivity contribution is 8.17. The Kier molecular flexibility index (Phi) is 6.98. The summed E-state index contributed by atoms with van der Waals surface area (Å²) < 4.78 is 18.7. The molecule has 6 heteroatoms. The van der Waals surface area contributed by atoms with E-state index in [-0.39, 0.29) is 10.7 Å². The van der Waals surface area contributed by atoms with Crippen LogP contribution in [-0.2, 0) is 20.8 Å². The quantitative estimate of drug-likeness (QED) is 0.679. The smallest absolute Gasteiger partial charge is 0.164 e. The van der Waals surface area contributed by atoms with E-state index in [9.17, 15) is 5.11 Å². The Morgan fingerprint density at radius 1 is 1.30 bits per heavy atom. The van der Waals surface area contributed by atoms with Gasteiger partial charge in [0.15, 0.2) is 5.79 Å². The summed E-state index contributed by atoms with van der Waals surface area (Å²) in [5, 5.41) is 11.2. The minimum atomic E-state index is -0.906. The summed E-state index contributed by atoms with van der Waals surface area (Å²) >= 11 is 3.59. The average Bonchev–Trinajstić information content (AvgIpc) is 2.99. The third-order valence-electron chi connectivity index (χ3n) is 5.02. The molecule has 4 nitrogen and oxygen atoms in total. The van der Waals surface area contributed by atoms with Gasteiger partial charge in [-0.2, -0.15) is 0 Å². The number of ether oxygens (including phenoxy) is 3. The minimum absolute atomic E-state index is 0.0712. The maximum atomic E-state index is 11.2. The Bertz CT molecular complexity index is 618. The van der Waals surface area contributed by atoms with Crippen LogP contribution in [0, 0.1) is 0 Å². The molecular formula is C21H30O4S2. The molecule has 150 valence electrons. The standard InChI is InChI=1S/C21H30O4S2/c1-5-21(15(2)23-14-16-10-7-6-8-11-16)18(24-20(3,4)25-21)17(22)19-26-12-9-13-27-19/h5-8,10-11,15,17-19,22H,1,9,12-14H2,2-4H3/t15-,17+,18+,21-/m1/s1. The molecule has 2 aliphatic heterocycles. The molecule has 2 aliphatic rings. The van der Waals surface area contributed by atoms with Crippen molar-refractivity contribution in [2.24, 2.45) is 0 Å². The number of hydrogen-bond acceptors (Lipinski definition) is 6. The predicted octanol–water partition coefficient (Wildman–Crippen LogP) is 4.23. The predicted molar refractivity (Wildman–Crippen MR) is 113 cm³/mol. The van der Waals surface area contributed by atoms with Crippen LogP contribution in [-0.4, -0.2) is 50.9 Å². The van der Waals surface area contributed by atoms with Gasteiger partial charge in [-0.3, -0.25) is 0 Å². The lowest BCUT2D eigenvalue weighted by Crippen LogP contribution is -2.55. The molecule has 0 saturated carbocycles. The number of benzene rings is 1. The zero-order chi connectivity index (χ0) is 19.5. The van der Waals surface area contributed by atoms with Crippen molar-refractivity contribution in [3.05, 3.63) is 48.6 Å². The molecule has 2 heterocycles. The van der Waals surface area contributed by atoms with Gasteiger partial charge in [0, 0.05) is 0 Å². The normalized spacial score (nSPS) is 30.7. The van der Waals surface area contributed by atoms with Crippen molar-refractivity contribution in [1.82, 2.24) is 0 Å². The second kappa shape index (κ2) is 8.89. The lowest BCUT2D eigenvalue weighted by molar-refractivity contribution is -0.177. The first kappa shape index (κ1) is 21.2. The third kappa shape index (κ3) is 4.74. The Labute approximate surface area is 171 Å². The molecule has 1 aromatic carbocycles. The highest BCUT2D eigenvalue weighted by Gasteiger charge is 2.59. The van der Waals surface area contributed by atoms with Crippen molar-refractivity contribution in [3.8, 4) is 0 Å². The fourth-order valence-electron chi connectivity index (χ4n) is 3.65. The van der Waals surface area contributed by atoms with Crippen LogP contribution in [0.15, 0.2) is 43.0 Å². The van der Waals surface area contributed by atoms with Crippen molar-refractivity contribution in [2.45, 2.75) is 68.1 Å². The van der Waals surface area contributed by atoms with Crippen LogP contribution in [0.2, 0.25) is 0 Å². The monoisotopic (exact) mass is 410 g/mol. The Morgan fingerprint density at radius 2 is 1.96 bits per heavy atom. The minimum Gasteiger partial charge on any atom is -0.388 e. The fraction of sp³-hybridized carbons (Fsp3) is 0.619. The van der Waals surface area contributed by atoms with Gasteiger partial charge in [0.05, 0.1) is 17.3 Å². The molecule has 0 radical (unpaired) electrons. The van der Waals surface area contributed by atoms with E-state index >= 15 is 0 Å². The number of hydrogen-bond donors (Lipinski definition) is 1. The zero-order valence-corrected chi connectivity index (χ0v) is 17.9. The van der Waals surface area contributed by atoms with E-state index < -0.39 is 23.6 Å². The van der Waals surface area contributed by atoms with Gasteiger partial charge in [0.2, 0.25) is 0 Å². The molecule has 0 bridgehead atoms. The van der Waals surface area contributed by atoms with E-state index in [4.69, 9.17) is 14.2 Å². The first-order valence-electron chi connectivity index (χ1n) is 9.46. The second-order valence-electron chi connectivity index (χ2n) is 7.49. The lowest BCUT2D eigenvalue weighted by Gasteiger charge is -2.39. The lowest BCUT2D eigenvalue weighted by atomic mass is 9.88. The molecule has 2 fully saturated rings. The second-order valence-corrected chi connectivity index (χ2v) is 10.3. The van der Waals surface area contributed by atoms with E-state index in [1.165, 1.54) is 6.42 Å². The van der Waals surface area contributed by atoms with Crippen molar-refractivity contribution in [3.63, 3.8) is 0 Å². The molecule has 1 N–H and O–H groups in total. The molecular weight excluding hydrogens is 380 g/mol. The van der Waals surface area contributed by atoms with Gasteiger partial charge < -0.3 is 19.3 Å². The summed E-state index contributed by atoms with van der Waals surface area (Å²) in [4.78, 5) is 0.